The van der Waals surface area contributed by atoms with E-state index in [0.717, 1.165) is 22.5 Å². The van der Waals surface area contributed by atoms with Crippen molar-refractivity contribution in [1.29, 1.82) is 0 Å². The molecular formula is C16H17FN2O. The zero-order valence-corrected chi connectivity index (χ0v) is 11.5. The van der Waals surface area contributed by atoms with Crippen LogP contribution in [-0.2, 0) is 11.3 Å². The van der Waals surface area contributed by atoms with Crippen molar-refractivity contribution in [2.75, 3.05) is 10.6 Å². The summed E-state index contributed by atoms with van der Waals surface area (Å²) < 4.78 is 13.2. The van der Waals surface area contributed by atoms with Gasteiger partial charge < -0.3 is 10.6 Å². The van der Waals surface area contributed by atoms with Crippen molar-refractivity contribution >= 4 is 17.3 Å². The van der Waals surface area contributed by atoms with Crippen LogP contribution in [0.15, 0.2) is 42.5 Å². The molecule has 0 aliphatic heterocycles. The minimum absolute atomic E-state index is 0.112. The number of carbonyl (C=O) groups excluding carboxylic acids is 1. The SMILES string of the molecule is CC(=O)Nc1ccccc1CNc1cc(F)ccc1C. The maximum Gasteiger partial charge on any atom is 0.221 e. The molecule has 0 unspecified atom stereocenters. The van der Waals surface area contributed by atoms with Gasteiger partial charge in [0, 0.05) is 24.8 Å². The molecule has 0 bridgehead atoms. The van der Waals surface area contributed by atoms with Crippen LogP contribution >= 0.6 is 0 Å². The van der Waals surface area contributed by atoms with Crippen molar-refractivity contribution in [3.63, 3.8) is 0 Å². The van der Waals surface area contributed by atoms with Crippen molar-refractivity contribution in [2.45, 2.75) is 20.4 Å². The van der Waals surface area contributed by atoms with Crippen LogP contribution in [0.5, 0.6) is 0 Å². The molecule has 104 valence electrons. The quantitative estimate of drug-likeness (QED) is 0.891. The van der Waals surface area contributed by atoms with Gasteiger partial charge in [0.15, 0.2) is 0 Å². The number of nitrogens with one attached hydrogen (secondary N) is 2. The minimum Gasteiger partial charge on any atom is -0.381 e. The van der Waals surface area contributed by atoms with Crippen LogP contribution in [0.2, 0.25) is 0 Å². The monoisotopic (exact) mass is 272 g/mol. The summed E-state index contributed by atoms with van der Waals surface area (Å²) in [6.45, 7) is 3.91. The lowest BCUT2D eigenvalue weighted by Gasteiger charge is -2.13. The van der Waals surface area contributed by atoms with Gasteiger partial charge in [0.25, 0.3) is 0 Å². The average Bonchev–Trinajstić information content (AvgIpc) is 2.41. The van der Waals surface area contributed by atoms with E-state index in [1.165, 1.54) is 19.1 Å². The van der Waals surface area contributed by atoms with E-state index in [9.17, 15) is 9.18 Å². The Morgan fingerprint density at radius 3 is 2.65 bits per heavy atom. The second-order valence-corrected chi connectivity index (χ2v) is 4.65. The molecule has 20 heavy (non-hydrogen) atoms. The highest BCUT2D eigenvalue weighted by Crippen LogP contribution is 2.20. The van der Waals surface area contributed by atoms with E-state index in [0.29, 0.717) is 6.54 Å². The predicted molar refractivity (Wildman–Crippen MR) is 79.2 cm³/mol. The molecular weight excluding hydrogens is 255 g/mol. The number of amides is 1. The van der Waals surface area contributed by atoms with E-state index >= 15 is 0 Å². The molecule has 2 N–H and O–H groups in total. The topological polar surface area (TPSA) is 41.1 Å². The van der Waals surface area contributed by atoms with Crippen LogP contribution in [0.3, 0.4) is 0 Å². The third kappa shape index (κ3) is 3.57. The Morgan fingerprint density at radius 2 is 1.90 bits per heavy atom. The van der Waals surface area contributed by atoms with Gasteiger partial charge in [-0.05, 0) is 36.2 Å². The van der Waals surface area contributed by atoms with Gasteiger partial charge in [-0.3, -0.25) is 4.79 Å². The van der Waals surface area contributed by atoms with E-state index in [1.54, 1.807) is 6.07 Å². The van der Waals surface area contributed by atoms with Crippen LogP contribution < -0.4 is 10.6 Å². The van der Waals surface area contributed by atoms with Gasteiger partial charge in [-0.1, -0.05) is 24.3 Å². The normalized spacial score (nSPS) is 10.2. The highest BCUT2D eigenvalue weighted by Gasteiger charge is 2.05. The van der Waals surface area contributed by atoms with Gasteiger partial charge in [-0.2, -0.15) is 0 Å². The zero-order valence-electron chi connectivity index (χ0n) is 11.5. The van der Waals surface area contributed by atoms with E-state index in [4.69, 9.17) is 0 Å². The summed E-state index contributed by atoms with van der Waals surface area (Å²) in [5.41, 5.74) is 3.44. The molecule has 0 aromatic heterocycles. The van der Waals surface area contributed by atoms with Crippen LogP contribution in [0.4, 0.5) is 15.8 Å². The Labute approximate surface area is 117 Å². The fraction of sp³-hybridized carbons (Fsp3) is 0.188. The summed E-state index contributed by atoms with van der Waals surface area (Å²) in [5, 5.41) is 5.98. The largest absolute Gasteiger partial charge is 0.381 e. The second kappa shape index (κ2) is 6.19. The number of anilines is 2. The average molecular weight is 272 g/mol. The molecule has 2 aromatic rings. The fourth-order valence-electron chi connectivity index (χ4n) is 1.96. The first kappa shape index (κ1) is 14.1. The summed E-state index contributed by atoms with van der Waals surface area (Å²) in [6.07, 6.45) is 0. The van der Waals surface area contributed by atoms with Gasteiger partial charge in [0.05, 0.1) is 0 Å². The van der Waals surface area contributed by atoms with Crippen molar-refractivity contribution in [2.24, 2.45) is 0 Å². The molecule has 4 heteroatoms. The fourth-order valence-corrected chi connectivity index (χ4v) is 1.96. The number of benzene rings is 2. The first-order chi connectivity index (χ1) is 9.56. The minimum atomic E-state index is -0.270. The van der Waals surface area contributed by atoms with Crippen LogP contribution in [0.25, 0.3) is 0 Å². The maximum atomic E-state index is 13.2. The lowest BCUT2D eigenvalue weighted by molar-refractivity contribution is -0.114. The maximum absolute atomic E-state index is 13.2. The van der Waals surface area contributed by atoms with E-state index in [2.05, 4.69) is 10.6 Å². The lowest BCUT2D eigenvalue weighted by atomic mass is 10.1. The molecule has 0 heterocycles. The summed E-state index contributed by atoms with van der Waals surface area (Å²) >= 11 is 0. The van der Waals surface area contributed by atoms with Crippen LogP contribution in [0.1, 0.15) is 18.1 Å². The van der Waals surface area contributed by atoms with E-state index < -0.39 is 0 Å². The van der Waals surface area contributed by atoms with Gasteiger partial charge in [0.1, 0.15) is 5.82 Å². The summed E-state index contributed by atoms with van der Waals surface area (Å²) in [5.74, 6) is -0.382. The Hall–Kier alpha value is -2.36. The molecule has 0 aliphatic carbocycles. The summed E-state index contributed by atoms with van der Waals surface area (Å²) in [6, 6.07) is 12.2. The summed E-state index contributed by atoms with van der Waals surface area (Å²) in [7, 11) is 0. The molecule has 2 aromatic carbocycles. The molecule has 0 spiro atoms. The molecule has 0 saturated carbocycles. The number of hydrogen-bond acceptors (Lipinski definition) is 2. The van der Waals surface area contributed by atoms with Crippen molar-refractivity contribution in [3.8, 4) is 0 Å². The molecule has 0 fully saturated rings. The number of para-hydroxylation sites is 1. The molecule has 3 nitrogen and oxygen atoms in total. The Morgan fingerprint density at radius 1 is 1.15 bits per heavy atom. The number of aryl methyl sites for hydroxylation is 1. The molecule has 0 saturated heterocycles. The third-order valence-electron chi connectivity index (χ3n) is 3.00. The number of halogens is 1. The van der Waals surface area contributed by atoms with Gasteiger partial charge >= 0.3 is 0 Å². The van der Waals surface area contributed by atoms with Gasteiger partial charge in [0.2, 0.25) is 5.91 Å². The third-order valence-corrected chi connectivity index (χ3v) is 3.00. The lowest BCUT2D eigenvalue weighted by Crippen LogP contribution is -2.10. The predicted octanol–water partition coefficient (Wildman–Crippen LogP) is 3.70. The number of carbonyl (C=O) groups is 1. The molecule has 1 amide bonds. The molecule has 2 rings (SSSR count). The molecule has 0 atom stereocenters. The van der Waals surface area contributed by atoms with Crippen molar-refractivity contribution in [3.05, 3.63) is 59.4 Å². The van der Waals surface area contributed by atoms with Gasteiger partial charge in [-0.15, -0.1) is 0 Å². The first-order valence-corrected chi connectivity index (χ1v) is 6.42. The zero-order chi connectivity index (χ0) is 14.5. The van der Waals surface area contributed by atoms with Crippen LogP contribution in [-0.4, -0.2) is 5.91 Å². The summed E-state index contributed by atoms with van der Waals surface area (Å²) in [4.78, 5) is 11.2. The number of hydrogen-bond donors (Lipinski definition) is 2. The Bertz CT molecular complexity index is 626. The van der Waals surface area contributed by atoms with Gasteiger partial charge in [-0.25, -0.2) is 4.39 Å². The van der Waals surface area contributed by atoms with Crippen molar-refractivity contribution < 1.29 is 9.18 Å². The Balaban J connectivity index is 2.14. The standard InChI is InChI=1S/C16H17FN2O/c1-11-7-8-14(17)9-16(11)18-10-13-5-3-4-6-15(13)19-12(2)20/h3-9,18H,10H2,1-2H3,(H,19,20). The smallest absolute Gasteiger partial charge is 0.221 e. The molecule has 0 radical (unpaired) electrons. The molecule has 0 aliphatic rings. The van der Waals surface area contributed by atoms with E-state index in [-0.39, 0.29) is 11.7 Å². The Kier molecular flexibility index (Phi) is 4.35. The highest BCUT2D eigenvalue weighted by molar-refractivity contribution is 5.89. The first-order valence-electron chi connectivity index (χ1n) is 6.42. The second-order valence-electron chi connectivity index (χ2n) is 4.65. The number of rotatable bonds is 4. The van der Waals surface area contributed by atoms with E-state index in [1.807, 2.05) is 31.2 Å². The van der Waals surface area contributed by atoms with Crippen molar-refractivity contribution in [1.82, 2.24) is 0 Å². The highest BCUT2D eigenvalue weighted by atomic mass is 19.1. The van der Waals surface area contributed by atoms with Crippen LogP contribution in [0, 0.1) is 12.7 Å².